The molecule has 2 aromatic rings. The average Bonchev–Trinajstić information content (AvgIpc) is 2.73. The van der Waals surface area contributed by atoms with Crippen molar-refractivity contribution in [1.29, 1.82) is 0 Å². The number of amides is 1. The normalized spacial score (nSPS) is 17.1. The smallest absolute Gasteiger partial charge is 0.243 e. The Bertz CT molecular complexity index is 979. The predicted molar refractivity (Wildman–Crippen MR) is 117 cm³/mol. The lowest BCUT2D eigenvalue weighted by Gasteiger charge is -2.31. The molecule has 1 unspecified atom stereocenters. The van der Waals surface area contributed by atoms with Crippen molar-refractivity contribution >= 4 is 15.9 Å². The molecule has 30 heavy (non-hydrogen) atoms. The topological polar surface area (TPSA) is 86.7 Å². The summed E-state index contributed by atoms with van der Waals surface area (Å²) in [6.45, 7) is 6.66. The number of benzene rings is 2. The molecule has 3 rings (SSSR count). The number of rotatable bonds is 6. The van der Waals surface area contributed by atoms with Gasteiger partial charge in [-0.3, -0.25) is 4.79 Å². The molecular formula is C23H30N2O4S. The van der Waals surface area contributed by atoms with Crippen LogP contribution in [0.3, 0.4) is 0 Å². The van der Waals surface area contributed by atoms with Crippen LogP contribution in [0.2, 0.25) is 0 Å². The molecule has 0 radical (unpaired) electrons. The molecule has 162 valence electrons. The molecule has 0 bridgehead atoms. The molecule has 1 amide bonds. The first-order valence-corrected chi connectivity index (χ1v) is 11.8. The highest BCUT2D eigenvalue weighted by molar-refractivity contribution is 7.89. The van der Waals surface area contributed by atoms with Crippen LogP contribution in [-0.2, 0) is 14.8 Å². The van der Waals surface area contributed by atoms with Crippen molar-refractivity contribution in [2.24, 2.45) is 5.92 Å². The number of phenols is 1. The van der Waals surface area contributed by atoms with E-state index in [2.05, 4.69) is 19.2 Å². The fraction of sp³-hybridized carbons (Fsp3) is 0.435. The van der Waals surface area contributed by atoms with Crippen LogP contribution in [0.4, 0.5) is 0 Å². The zero-order chi connectivity index (χ0) is 21.9. The van der Waals surface area contributed by atoms with Gasteiger partial charge in [-0.25, -0.2) is 8.42 Å². The summed E-state index contributed by atoms with van der Waals surface area (Å²) in [5.74, 6) is 0.204. The second kappa shape index (κ2) is 9.18. The minimum Gasteiger partial charge on any atom is -0.508 e. The number of hydrogen-bond acceptors (Lipinski definition) is 4. The van der Waals surface area contributed by atoms with Crippen molar-refractivity contribution in [2.45, 2.75) is 50.5 Å². The molecule has 1 aliphatic heterocycles. The molecule has 7 heteroatoms. The van der Waals surface area contributed by atoms with E-state index < -0.39 is 10.0 Å². The van der Waals surface area contributed by atoms with Crippen LogP contribution in [0.1, 0.15) is 56.7 Å². The van der Waals surface area contributed by atoms with E-state index in [1.807, 2.05) is 25.1 Å². The van der Waals surface area contributed by atoms with Gasteiger partial charge in [-0.2, -0.15) is 4.31 Å². The van der Waals surface area contributed by atoms with Gasteiger partial charge >= 0.3 is 0 Å². The summed E-state index contributed by atoms with van der Waals surface area (Å²) in [6.07, 6.45) is 0.976. The summed E-state index contributed by atoms with van der Waals surface area (Å²) in [6, 6.07) is 13.6. The third-order valence-electron chi connectivity index (χ3n) is 5.74. The second-order valence-corrected chi connectivity index (χ2v) is 10.2. The van der Waals surface area contributed by atoms with Gasteiger partial charge in [0.2, 0.25) is 15.9 Å². The van der Waals surface area contributed by atoms with Gasteiger partial charge in [0.1, 0.15) is 5.75 Å². The summed E-state index contributed by atoms with van der Waals surface area (Å²) < 4.78 is 27.4. The largest absolute Gasteiger partial charge is 0.508 e. The number of phenolic OH excluding ortho intramolecular Hbond substituents is 1. The van der Waals surface area contributed by atoms with E-state index >= 15 is 0 Å². The fourth-order valence-corrected chi connectivity index (χ4v) is 5.21. The zero-order valence-corrected chi connectivity index (χ0v) is 18.5. The molecule has 1 fully saturated rings. The quantitative estimate of drug-likeness (QED) is 0.730. The number of aromatic hydroxyl groups is 1. The molecule has 1 saturated heterocycles. The predicted octanol–water partition coefficient (Wildman–Crippen LogP) is 3.79. The highest BCUT2D eigenvalue weighted by atomic mass is 32.2. The van der Waals surface area contributed by atoms with Gasteiger partial charge in [0.15, 0.2) is 0 Å². The van der Waals surface area contributed by atoms with E-state index in [-0.39, 0.29) is 23.6 Å². The third kappa shape index (κ3) is 5.02. The maximum Gasteiger partial charge on any atom is 0.243 e. The van der Waals surface area contributed by atoms with Gasteiger partial charge in [-0.1, -0.05) is 38.1 Å². The van der Waals surface area contributed by atoms with Crippen molar-refractivity contribution in [3.63, 3.8) is 0 Å². The molecule has 1 atom stereocenters. The van der Waals surface area contributed by atoms with Gasteiger partial charge in [0, 0.05) is 19.0 Å². The standard InChI is InChI=1S/C23H30N2O4S/c1-16(2)18-7-9-22(10-8-18)30(28,29)25-13-11-19(12-14-25)23(27)24-17(3)20-5-4-6-21(26)15-20/h4-10,15-17,19,26H,11-14H2,1-3H3,(H,24,27). The summed E-state index contributed by atoms with van der Waals surface area (Å²) in [5, 5.41) is 12.6. The first kappa shape index (κ1) is 22.3. The Morgan fingerprint density at radius 2 is 1.67 bits per heavy atom. The van der Waals surface area contributed by atoms with Gasteiger partial charge in [-0.05, 0) is 61.1 Å². The molecule has 0 saturated carbocycles. The summed E-state index contributed by atoms with van der Waals surface area (Å²) in [4.78, 5) is 13.0. The Hall–Kier alpha value is -2.38. The van der Waals surface area contributed by atoms with E-state index in [4.69, 9.17) is 0 Å². The lowest BCUT2D eigenvalue weighted by Crippen LogP contribution is -2.43. The highest BCUT2D eigenvalue weighted by Crippen LogP contribution is 2.26. The molecule has 2 aromatic carbocycles. The zero-order valence-electron chi connectivity index (χ0n) is 17.7. The fourth-order valence-electron chi connectivity index (χ4n) is 3.74. The van der Waals surface area contributed by atoms with E-state index in [1.165, 1.54) is 4.31 Å². The number of carbonyl (C=O) groups excluding carboxylic acids is 1. The van der Waals surface area contributed by atoms with Crippen LogP contribution >= 0.6 is 0 Å². The second-order valence-electron chi connectivity index (χ2n) is 8.23. The Labute approximate surface area is 179 Å². The van der Waals surface area contributed by atoms with Gasteiger partial charge < -0.3 is 10.4 Å². The van der Waals surface area contributed by atoms with Gasteiger partial charge in [0.05, 0.1) is 10.9 Å². The van der Waals surface area contributed by atoms with Crippen molar-refractivity contribution < 1.29 is 18.3 Å². The number of carbonyl (C=O) groups is 1. The number of nitrogens with zero attached hydrogens (tertiary/aromatic N) is 1. The minimum absolute atomic E-state index is 0.0795. The molecule has 1 heterocycles. The molecule has 0 aliphatic carbocycles. The maximum atomic E-state index is 12.9. The molecular weight excluding hydrogens is 400 g/mol. The molecule has 0 spiro atoms. The number of hydrogen-bond donors (Lipinski definition) is 2. The number of piperidine rings is 1. The summed E-state index contributed by atoms with van der Waals surface area (Å²) in [7, 11) is -3.55. The lowest BCUT2D eigenvalue weighted by molar-refractivity contribution is -0.126. The Morgan fingerprint density at radius 1 is 1.03 bits per heavy atom. The van der Waals surface area contributed by atoms with Crippen LogP contribution in [0, 0.1) is 5.92 Å². The molecule has 6 nitrogen and oxygen atoms in total. The van der Waals surface area contributed by atoms with Crippen molar-refractivity contribution in [2.75, 3.05) is 13.1 Å². The van der Waals surface area contributed by atoms with E-state index in [0.717, 1.165) is 11.1 Å². The summed E-state index contributed by atoms with van der Waals surface area (Å²) >= 11 is 0. The third-order valence-corrected chi connectivity index (χ3v) is 7.65. The molecule has 1 aliphatic rings. The first-order valence-electron chi connectivity index (χ1n) is 10.4. The van der Waals surface area contributed by atoms with E-state index in [1.54, 1.807) is 30.3 Å². The SMILES string of the molecule is CC(C)c1ccc(S(=O)(=O)N2CCC(C(=O)NC(C)c3cccc(O)c3)CC2)cc1. The lowest BCUT2D eigenvalue weighted by atomic mass is 9.96. The van der Waals surface area contributed by atoms with Gasteiger partial charge in [0.25, 0.3) is 0 Å². The van der Waals surface area contributed by atoms with Crippen molar-refractivity contribution in [1.82, 2.24) is 9.62 Å². The van der Waals surface area contributed by atoms with E-state index in [0.29, 0.717) is 36.7 Å². The van der Waals surface area contributed by atoms with Gasteiger partial charge in [-0.15, -0.1) is 0 Å². The first-order chi connectivity index (χ1) is 14.2. The van der Waals surface area contributed by atoms with E-state index in [9.17, 15) is 18.3 Å². The molecule has 2 N–H and O–H groups in total. The van der Waals surface area contributed by atoms with Crippen molar-refractivity contribution in [3.05, 3.63) is 59.7 Å². The van der Waals surface area contributed by atoms with Crippen molar-refractivity contribution in [3.8, 4) is 5.75 Å². The van der Waals surface area contributed by atoms with Crippen LogP contribution in [0.25, 0.3) is 0 Å². The van der Waals surface area contributed by atoms with Crippen LogP contribution in [0.5, 0.6) is 5.75 Å². The number of nitrogens with one attached hydrogen (secondary N) is 1. The highest BCUT2D eigenvalue weighted by Gasteiger charge is 2.32. The average molecular weight is 431 g/mol. The Morgan fingerprint density at radius 3 is 2.23 bits per heavy atom. The minimum atomic E-state index is -3.55. The maximum absolute atomic E-state index is 12.9. The van der Waals surface area contributed by atoms with Crippen LogP contribution in [-0.4, -0.2) is 36.8 Å². The summed E-state index contributed by atoms with van der Waals surface area (Å²) in [5.41, 5.74) is 1.93. The number of sulfonamides is 1. The van der Waals surface area contributed by atoms with Crippen LogP contribution < -0.4 is 5.32 Å². The molecule has 0 aromatic heterocycles. The Balaban J connectivity index is 1.59. The van der Waals surface area contributed by atoms with Crippen LogP contribution in [0.15, 0.2) is 53.4 Å². The monoisotopic (exact) mass is 430 g/mol. The Kier molecular flexibility index (Phi) is 6.83.